The van der Waals surface area contributed by atoms with Crippen LogP contribution in [0.2, 0.25) is 0 Å². The number of nitrogens with one attached hydrogen (secondary N) is 1. The largest absolute Gasteiger partial charge is 0.478 e. The van der Waals surface area contributed by atoms with E-state index in [2.05, 4.69) is 38.3 Å². The number of pyridine rings is 1. The Bertz CT molecular complexity index is 905. The van der Waals surface area contributed by atoms with E-state index in [9.17, 15) is 4.79 Å². The van der Waals surface area contributed by atoms with Gasteiger partial charge in [0.15, 0.2) is 0 Å². The fourth-order valence-corrected chi connectivity index (χ4v) is 3.61. The molecule has 1 saturated heterocycles. The van der Waals surface area contributed by atoms with Gasteiger partial charge in [-0.05, 0) is 48.6 Å². The van der Waals surface area contributed by atoms with Crippen LogP contribution in [-0.4, -0.2) is 44.2 Å². The highest BCUT2D eigenvalue weighted by atomic mass is 16.4. The summed E-state index contributed by atoms with van der Waals surface area (Å²) in [6.45, 7) is 3.02. The molecule has 6 nitrogen and oxygen atoms in total. The molecule has 6 heteroatoms. The van der Waals surface area contributed by atoms with Crippen LogP contribution < -0.4 is 0 Å². The van der Waals surface area contributed by atoms with Crippen LogP contribution in [0.15, 0.2) is 42.9 Å². The highest BCUT2D eigenvalue weighted by Crippen LogP contribution is 2.23. The molecule has 1 aliphatic heterocycles. The first-order valence-electron chi connectivity index (χ1n) is 8.49. The maximum Gasteiger partial charge on any atom is 0.337 e. The summed E-state index contributed by atoms with van der Waals surface area (Å²) in [5.41, 5.74) is 3.63. The van der Waals surface area contributed by atoms with Gasteiger partial charge in [0.2, 0.25) is 0 Å². The van der Waals surface area contributed by atoms with Crippen molar-refractivity contribution in [1.82, 2.24) is 20.1 Å². The number of aromatic nitrogens is 3. The molecule has 4 rings (SSSR count). The number of fused-ring (bicyclic) bond motifs is 1. The number of hydrogen-bond acceptors (Lipinski definition) is 4. The minimum atomic E-state index is -0.920. The molecule has 3 aromatic rings. The summed E-state index contributed by atoms with van der Waals surface area (Å²) in [4.78, 5) is 17.6. The zero-order chi connectivity index (χ0) is 17.2. The molecule has 0 aliphatic carbocycles. The Labute approximate surface area is 145 Å². The van der Waals surface area contributed by atoms with E-state index in [-0.39, 0.29) is 5.56 Å². The van der Waals surface area contributed by atoms with Crippen molar-refractivity contribution in [3.8, 4) is 0 Å². The number of carbonyl (C=O) groups is 1. The molecule has 128 valence electrons. The van der Waals surface area contributed by atoms with Crippen molar-refractivity contribution >= 4 is 16.9 Å². The molecule has 0 spiro atoms. The standard InChI is InChI=1S/C19H20N4O2/c24-19(25)17-6-15(8-20-9-17)5-14-3-4-23(12-14)11-13-1-2-16-10-21-22-18(16)7-13/h1-2,6-10,14H,3-5,11-12H2,(H,21,22)(H,24,25). The van der Waals surface area contributed by atoms with Crippen LogP contribution in [0.25, 0.3) is 10.9 Å². The fraction of sp³-hybridized carbons (Fsp3) is 0.316. The maximum atomic E-state index is 11.1. The van der Waals surface area contributed by atoms with Gasteiger partial charge in [-0.2, -0.15) is 5.10 Å². The SMILES string of the molecule is O=C(O)c1cncc(CC2CCN(Cc3ccc4cn[nH]c4c3)C2)c1. The van der Waals surface area contributed by atoms with E-state index in [1.807, 2.05) is 6.20 Å². The number of likely N-dealkylation sites (tertiary alicyclic amines) is 1. The first-order valence-corrected chi connectivity index (χ1v) is 8.49. The number of H-pyrrole nitrogens is 1. The number of benzene rings is 1. The third-order valence-corrected chi connectivity index (χ3v) is 4.85. The molecule has 1 unspecified atom stereocenters. The highest BCUT2D eigenvalue weighted by molar-refractivity contribution is 5.87. The van der Waals surface area contributed by atoms with Gasteiger partial charge in [0, 0.05) is 30.9 Å². The summed E-state index contributed by atoms with van der Waals surface area (Å²) < 4.78 is 0. The van der Waals surface area contributed by atoms with Gasteiger partial charge in [-0.15, -0.1) is 0 Å². The second kappa shape index (κ2) is 6.64. The van der Waals surface area contributed by atoms with Crippen molar-refractivity contribution < 1.29 is 9.90 Å². The molecule has 0 bridgehead atoms. The number of carboxylic acid groups (broad SMARTS) is 1. The summed E-state index contributed by atoms with van der Waals surface area (Å²) in [5, 5.41) is 17.3. The van der Waals surface area contributed by atoms with E-state index >= 15 is 0 Å². The van der Waals surface area contributed by atoms with Crippen LogP contribution in [-0.2, 0) is 13.0 Å². The molecule has 25 heavy (non-hydrogen) atoms. The number of nitrogens with zero attached hydrogens (tertiary/aromatic N) is 3. The van der Waals surface area contributed by atoms with Crippen molar-refractivity contribution in [3.63, 3.8) is 0 Å². The fourth-order valence-electron chi connectivity index (χ4n) is 3.61. The normalized spacial score (nSPS) is 18.0. The molecule has 1 atom stereocenters. The highest BCUT2D eigenvalue weighted by Gasteiger charge is 2.23. The third-order valence-electron chi connectivity index (χ3n) is 4.85. The lowest BCUT2D eigenvalue weighted by atomic mass is 9.99. The van der Waals surface area contributed by atoms with Crippen LogP contribution in [0.4, 0.5) is 0 Å². The third kappa shape index (κ3) is 3.53. The topological polar surface area (TPSA) is 82.1 Å². The Morgan fingerprint density at radius 1 is 1.24 bits per heavy atom. The first kappa shape index (κ1) is 15.8. The van der Waals surface area contributed by atoms with Gasteiger partial charge >= 0.3 is 5.97 Å². The zero-order valence-corrected chi connectivity index (χ0v) is 13.9. The molecule has 0 radical (unpaired) electrons. The van der Waals surface area contributed by atoms with Gasteiger partial charge in [0.05, 0.1) is 17.3 Å². The van der Waals surface area contributed by atoms with Gasteiger partial charge in [-0.3, -0.25) is 15.0 Å². The quantitative estimate of drug-likeness (QED) is 0.748. The molecule has 0 amide bonds. The maximum absolute atomic E-state index is 11.1. The predicted molar refractivity (Wildman–Crippen MR) is 94.4 cm³/mol. The van der Waals surface area contributed by atoms with Crippen LogP contribution >= 0.6 is 0 Å². The van der Waals surface area contributed by atoms with Crippen molar-refractivity contribution in [1.29, 1.82) is 0 Å². The van der Waals surface area contributed by atoms with Gasteiger partial charge < -0.3 is 5.11 Å². The molecule has 0 saturated carbocycles. The van der Waals surface area contributed by atoms with Gasteiger partial charge in [-0.1, -0.05) is 12.1 Å². The summed E-state index contributed by atoms with van der Waals surface area (Å²) in [6.07, 6.45) is 7.03. The Kier molecular flexibility index (Phi) is 4.19. The second-order valence-corrected chi connectivity index (χ2v) is 6.77. The number of carboxylic acids is 1. The molecular formula is C19H20N4O2. The van der Waals surface area contributed by atoms with Crippen LogP contribution in [0.3, 0.4) is 0 Å². The van der Waals surface area contributed by atoms with E-state index < -0.39 is 5.97 Å². The summed E-state index contributed by atoms with van der Waals surface area (Å²) in [7, 11) is 0. The molecule has 1 fully saturated rings. The number of hydrogen-bond donors (Lipinski definition) is 2. The lowest BCUT2D eigenvalue weighted by molar-refractivity contribution is 0.0696. The van der Waals surface area contributed by atoms with Crippen LogP contribution in [0, 0.1) is 5.92 Å². The average Bonchev–Trinajstić information content (AvgIpc) is 3.24. The first-order chi connectivity index (χ1) is 12.2. The minimum Gasteiger partial charge on any atom is -0.478 e. The van der Waals surface area contributed by atoms with Gasteiger partial charge in [-0.25, -0.2) is 4.79 Å². The predicted octanol–water partition coefficient (Wildman–Crippen LogP) is 2.72. The molecule has 1 aromatic carbocycles. The van der Waals surface area contributed by atoms with Crippen LogP contribution in [0.1, 0.15) is 27.9 Å². The van der Waals surface area contributed by atoms with E-state index in [1.165, 1.54) is 11.8 Å². The van der Waals surface area contributed by atoms with Crippen LogP contribution in [0.5, 0.6) is 0 Å². The average molecular weight is 336 g/mol. The van der Waals surface area contributed by atoms with E-state index in [4.69, 9.17) is 5.11 Å². The Morgan fingerprint density at radius 3 is 3.04 bits per heavy atom. The number of aromatic carboxylic acids is 1. The van der Waals surface area contributed by atoms with Gasteiger partial charge in [0.25, 0.3) is 0 Å². The number of aromatic amines is 1. The monoisotopic (exact) mass is 336 g/mol. The minimum absolute atomic E-state index is 0.264. The lowest BCUT2D eigenvalue weighted by Gasteiger charge is -2.16. The summed E-state index contributed by atoms with van der Waals surface area (Å²) >= 11 is 0. The van der Waals surface area contributed by atoms with Crippen molar-refractivity contribution in [2.24, 2.45) is 5.92 Å². The molecule has 1 aliphatic rings. The summed E-state index contributed by atoms with van der Waals surface area (Å²) in [6, 6.07) is 8.16. The van der Waals surface area contributed by atoms with E-state index in [0.717, 1.165) is 48.9 Å². The lowest BCUT2D eigenvalue weighted by Crippen LogP contribution is -2.20. The van der Waals surface area contributed by atoms with Crippen molar-refractivity contribution in [3.05, 3.63) is 59.5 Å². The molecule has 2 N–H and O–H groups in total. The Hall–Kier alpha value is -2.73. The zero-order valence-electron chi connectivity index (χ0n) is 13.9. The molecular weight excluding hydrogens is 316 g/mol. The smallest absolute Gasteiger partial charge is 0.337 e. The van der Waals surface area contributed by atoms with E-state index in [0.29, 0.717) is 5.92 Å². The second-order valence-electron chi connectivity index (χ2n) is 6.77. The Balaban J connectivity index is 1.38. The van der Waals surface area contributed by atoms with Gasteiger partial charge in [0.1, 0.15) is 0 Å². The molecule has 2 aromatic heterocycles. The summed E-state index contributed by atoms with van der Waals surface area (Å²) in [5.74, 6) is -0.377. The van der Waals surface area contributed by atoms with E-state index in [1.54, 1.807) is 12.3 Å². The van der Waals surface area contributed by atoms with Crippen molar-refractivity contribution in [2.45, 2.75) is 19.4 Å². The molecule has 3 heterocycles. The van der Waals surface area contributed by atoms with Crippen molar-refractivity contribution in [2.75, 3.05) is 13.1 Å². The number of rotatable bonds is 5. The Morgan fingerprint density at radius 2 is 2.16 bits per heavy atom.